The molecule has 32 heavy (non-hydrogen) atoms. The van der Waals surface area contributed by atoms with Crippen LogP contribution in [0.2, 0.25) is 0 Å². The zero-order valence-corrected chi connectivity index (χ0v) is 19.0. The second-order valence-electron chi connectivity index (χ2n) is 8.51. The molecule has 1 saturated carbocycles. The van der Waals surface area contributed by atoms with Crippen molar-refractivity contribution in [3.63, 3.8) is 0 Å². The minimum Gasteiger partial charge on any atom is -0.367 e. The Morgan fingerprint density at radius 2 is 2.00 bits per heavy atom. The first-order valence-electron chi connectivity index (χ1n) is 11.2. The number of fused-ring (bicyclic) bond motifs is 1. The zero-order chi connectivity index (χ0) is 22.2. The Balaban J connectivity index is 1.51. The molecule has 1 aliphatic heterocycles. The van der Waals surface area contributed by atoms with Crippen LogP contribution in [0.1, 0.15) is 41.0 Å². The van der Waals surface area contributed by atoms with E-state index in [1.165, 1.54) is 6.07 Å². The van der Waals surface area contributed by atoms with E-state index in [2.05, 4.69) is 22.0 Å². The number of thiophene rings is 1. The number of rotatable bonds is 6. The molecule has 0 unspecified atom stereocenters. The molecule has 2 aromatic heterocycles. The normalized spacial score (nSPS) is 17.1. The summed E-state index contributed by atoms with van der Waals surface area (Å²) in [5.41, 5.74) is 0.907. The topological polar surface area (TPSA) is 57.6 Å². The largest absolute Gasteiger partial charge is 0.367 e. The van der Waals surface area contributed by atoms with Crippen molar-refractivity contribution < 1.29 is 9.18 Å². The molecular formula is C24H27FN4O2S. The van der Waals surface area contributed by atoms with Crippen molar-refractivity contribution in [2.75, 3.05) is 37.6 Å². The van der Waals surface area contributed by atoms with Gasteiger partial charge in [0.15, 0.2) is 0 Å². The van der Waals surface area contributed by atoms with Crippen LogP contribution in [0.25, 0.3) is 10.9 Å². The molecule has 0 spiro atoms. The molecule has 0 atom stereocenters. The molecule has 2 fully saturated rings. The van der Waals surface area contributed by atoms with Gasteiger partial charge in [0.2, 0.25) is 5.43 Å². The number of carbonyl (C=O) groups is 1. The third kappa shape index (κ3) is 4.04. The number of pyridine rings is 1. The Morgan fingerprint density at radius 3 is 2.66 bits per heavy atom. The fourth-order valence-corrected chi connectivity index (χ4v) is 5.04. The first-order valence-corrected chi connectivity index (χ1v) is 12.1. The highest BCUT2D eigenvalue weighted by Crippen LogP contribution is 2.38. The number of piperazine rings is 1. The molecule has 8 heteroatoms. The molecule has 0 bridgehead atoms. The highest BCUT2D eigenvalue weighted by atomic mass is 32.1. The minimum absolute atomic E-state index is 0.0738. The van der Waals surface area contributed by atoms with Gasteiger partial charge in [-0.05, 0) is 43.0 Å². The van der Waals surface area contributed by atoms with Crippen molar-refractivity contribution in [2.45, 2.75) is 32.4 Å². The molecular weight excluding hydrogens is 427 g/mol. The van der Waals surface area contributed by atoms with Crippen molar-refractivity contribution in [3.05, 3.63) is 62.3 Å². The molecule has 3 heterocycles. The van der Waals surface area contributed by atoms with Crippen LogP contribution in [0, 0.1) is 5.82 Å². The lowest BCUT2D eigenvalue weighted by molar-refractivity contribution is 0.0949. The van der Waals surface area contributed by atoms with Crippen LogP contribution in [-0.2, 0) is 6.54 Å². The molecule has 3 aromatic rings. The number of halogens is 1. The van der Waals surface area contributed by atoms with Crippen LogP contribution in [-0.4, -0.2) is 48.1 Å². The summed E-state index contributed by atoms with van der Waals surface area (Å²) < 4.78 is 17.2. The number of anilines is 1. The van der Waals surface area contributed by atoms with E-state index in [-0.39, 0.29) is 17.0 Å². The summed E-state index contributed by atoms with van der Waals surface area (Å²) in [4.78, 5) is 31.4. The Bertz CT molecular complexity index is 1190. The summed E-state index contributed by atoms with van der Waals surface area (Å²) >= 11 is 1.55. The lowest BCUT2D eigenvalue weighted by atomic mass is 10.1. The van der Waals surface area contributed by atoms with Gasteiger partial charge in [-0.1, -0.05) is 13.0 Å². The summed E-state index contributed by atoms with van der Waals surface area (Å²) in [5, 5.41) is 5.05. The third-order valence-electron chi connectivity index (χ3n) is 6.45. The van der Waals surface area contributed by atoms with Gasteiger partial charge in [0.25, 0.3) is 5.91 Å². The summed E-state index contributed by atoms with van der Waals surface area (Å²) in [5.74, 6) is -0.821. The van der Waals surface area contributed by atoms with E-state index in [9.17, 15) is 9.59 Å². The molecule has 1 N–H and O–H groups in total. The van der Waals surface area contributed by atoms with Crippen LogP contribution < -0.4 is 15.6 Å². The first kappa shape index (κ1) is 21.2. The molecule has 1 aromatic carbocycles. The van der Waals surface area contributed by atoms with Gasteiger partial charge in [-0.2, -0.15) is 0 Å². The summed E-state index contributed by atoms with van der Waals surface area (Å²) in [6.45, 7) is 6.80. The quantitative estimate of drug-likeness (QED) is 0.618. The van der Waals surface area contributed by atoms with E-state index >= 15 is 4.39 Å². The van der Waals surface area contributed by atoms with Crippen molar-refractivity contribution in [2.24, 2.45) is 0 Å². The Morgan fingerprint density at radius 1 is 1.22 bits per heavy atom. The van der Waals surface area contributed by atoms with Crippen LogP contribution in [0.5, 0.6) is 0 Å². The van der Waals surface area contributed by atoms with E-state index < -0.39 is 17.2 Å². The smallest absolute Gasteiger partial charge is 0.257 e. The van der Waals surface area contributed by atoms with Crippen LogP contribution in [0.15, 0.2) is 40.6 Å². The monoisotopic (exact) mass is 454 g/mol. The second-order valence-corrected chi connectivity index (χ2v) is 9.55. The van der Waals surface area contributed by atoms with Gasteiger partial charge in [-0.15, -0.1) is 11.3 Å². The molecule has 6 nitrogen and oxygen atoms in total. The molecule has 1 saturated heterocycles. The third-order valence-corrected chi connectivity index (χ3v) is 7.33. The maximum Gasteiger partial charge on any atom is 0.257 e. The number of likely N-dealkylation sites (N-methyl/N-ethyl adjacent to an activating group) is 1. The van der Waals surface area contributed by atoms with E-state index in [0.717, 1.165) is 50.4 Å². The highest BCUT2D eigenvalue weighted by Gasteiger charge is 2.28. The number of hydrogen-bond donors (Lipinski definition) is 1. The van der Waals surface area contributed by atoms with E-state index in [4.69, 9.17) is 0 Å². The molecule has 168 valence electrons. The Hall–Kier alpha value is -2.71. The number of nitrogens with one attached hydrogen (secondary N) is 1. The summed E-state index contributed by atoms with van der Waals surface area (Å²) in [6, 6.07) is 7.24. The van der Waals surface area contributed by atoms with Gasteiger partial charge in [-0.3, -0.25) is 9.59 Å². The lowest BCUT2D eigenvalue weighted by Gasteiger charge is -2.35. The van der Waals surface area contributed by atoms with Crippen molar-refractivity contribution in [1.29, 1.82) is 0 Å². The molecule has 5 rings (SSSR count). The van der Waals surface area contributed by atoms with Gasteiger partial charge in [0.1, 0.15) is 11.4 Å². The summed E-state index contributed by atoms with van der Waals surface area (Å²) in [7, 11) is 0. The number of hydrogen-bond acceptors (Lipinski definition) is 5. The minimum atomic E-state index is -0.417. The first-order chi connectivity index (χ1) is 15.5. The number of amides is 1. The van der Waals surface area contributed by atoms with Gasteiger partial charge in [-0.25, -0.2) is 4.39 Å². The number of benzene rings is 1. The van der Waals surface area contributed by atoms with Gasteiger partial charge >= 0.3 is 0 Å². The SMILES string of the molecule is CCN1CCN(c2cc3c(cc2F)c(=O)c(C(=O)NCc2cccs2)cn3C2CC2)CC1. The molecule has 0 radical (unpaired) electrons. The van der Waals surface area contributed by atoms with E-state index in [1.54, 1.807) is 23.6 Å². The fourth-order valence-electron chi connectivity index (χ4n) is 4.40. The second kappa shape index (κ2) is 8.67. The summed E-state index contributed by atoms with van der Waals surface area (Å²) in [6.07, 6.45) is 3.66. The van der Waals surface area contributed by atoms with E-state index in [1.807, 2.05) is 22.1 Å². The number of aromatic nitrogens is 1. The van der Waals surface area contributed by atoms with Gasteiger partial charge < -0.3 is 19.7 Å². The average molecular weight is 455 g/mol. The lowest BCUT2D eigenvalue weighted by Crippen LogP contribution is -2.46. The fraction of sp³-hybridized carbons (Fsp3) is 0.417. The Labute approximate surface area is 190 Å². The van der Waals surface area contributed by atoms with Crippen LogP contribution in [0.3, 0.4) is 0 Å². The zero-order valence-electron chi connectivity index (χ0n) is 18.1. The molecule has 2 aliphatic rings. The predicted molar refractivity (Wildman–Crippen MR) is 126 cm³/mol. The predicted octanol–water partition coefficient (Wildman–Crippen LogP) is 3.61. The van der Waals surface area contributed by atoms with Crippen molar-refractivity contribution in [1.82, 2.24) is 14.8 Å². The van der Waals surface area contributed by atoms with Crippen LogP contribution in [0.4, 0.5) is 10.1 Å². The van der Waals surface area contributed by atoms with Gasteiger partial charge in [0, 0.05) is 48.7 Å². The van der Waals surface area contributed by atoms with Crippen molar-refractivity contribution in [3.8, 4) is 0 Å². The number of carbonyl (C=O) groups excluding carboxylic acids is 1. The van der Waals surface area contributed by atoms with Gasteiger partial charge in [0.05, 0.1) is 17.7 Å². The maximum absolute atomic E-state index is 15.2. The maximum atomic E-state index is 15.2. The average Bonchev–Trinajstić information content (AvgIpc) is 3.52. The van der Waals surface area contributed by atoms with Crippen molar-refractivity contribution >= 4 is 33.8 Å². The molecule has 1 amide bonds. The van der Waals surface area contributed by atoms with Crippen LogP contribution >= 0.6 is 11.3 Å². The standard InChI is InChI=1S/C24H27FN4O2S/c1-2-27-7-9-28(10-8-27)22-13-21-18(12-20(22)25)23(30)19(15-29(21)16-5-6-16)24(31)26-14-17-4-3-11-32-17/h3-4,11-13,15-16H,2,5-10,14H2,1H3,(H,26,31). The van der Waals surface area contributed by atoms with E-state index in [0.29, 0.717) is 17.7 Å². The molecule has 1 aliphatic carbocycles. The highest BCUT2D eigenvalue weighted by molar-refractivity contribution is 7.09. The Kier molecular flexibility index (Phi) is 5.73. The number of nitrogens with zero attached hydrogens (tertiary/aromatic N) is 3.